The maximum absolute atomic E-state index is 12.7. The average molecular weight is 423 g/mol. The van der Waals surface area contributed by atoms with Crippen molar-refractivity contribution in [2.75, 3.05) is 13.7 Å². The molecule has 0 aliphatic carbocycles. The third-order valence-electron chi connectivity index (χ3n) is 4.65. The van der Waals surface area contributed by atoms with Crippen molar-refractivity contribution >= 4 is 11.9 Å². The van der Waals surface area contributed by atoms with Crippen molar-refractivity contribution in [3.63, 3.8) is 0 Å². The summed E-state index contributed by atoms with van der Waals surface area (Å²) in [6, 6.07) is 14.3. The number of methoxy groups -OCH3 is 1. The third-order valence-corrected chi connectivity index (χ3v) is 4.65. The van der Waals surface area contributed by atoms with E-state index < -0.39 is 12.0 Å². The van der Waals surface area contributed by atoms with Crippen LogP contribution in [0.25, 0.3) is 11.4 Å². The molecule has 9 heteroatoms. The van der Waals surface area contributed by atoms with E-state index in [1.165, 1.54) is 4.80 Å². The van der Waals surface area contributed by atoms with Gasteiger partial charge in [0.2, 0.25) is 11.7 Å². The number of benzene rings is 2. The first-order valence-electron chi connectivity index (χ1n) is 9.93. The van der Waals surface area contributed by atoms with Gasteiger partial charge >= 0.3 is 5.97 Å². The Balaban J connectivity index is 1.71. The van der Waals surface area contributed by atoms with Crippen molar-refractivity contribution in [3.05, 3.63) is 59.7 Å². The van der Waals surface area contributed by atoms with Gasteiger partial charge in [-0.25, -0.2) is 0 Å². The lowest BCUT2D eigenvalue weighted by Crippen LogP contribution is -2.33. The van der Waals surface area contributed by atoms with Crippen molar-refractivity contribution in [1.29, 1.82) is 0 Å². The van der Waals surface area contributed by atoms with Crippen LogP contribution in [0.3, 0.4) is 0 Å². The van der Waals surface area contributed by atoms with Gasteiger partial charge in [0.25, 0.3) is 0 Å². The molecule has 1 heterocycles. The molecule has 1 amide bonds. The fourth-order valence-corrected chi connectivity index (χ4v) is 3.09. The van der Waals surface area contributed by atoms with Crippen LogP contribution in [-0.4, -0.2) is 45.8 Å². The molecule has 162 valence electrons. The van der Waals surface area contributed by atoms with Gasteiger partial charge in [-0.3, -0.25) is 9.59 Å². The number of nitrogens with one attached hydrogen (secondary N) is 1. The van der Waals surface area contributed by atoms with E-state index in [9.17, 15) is 9.59 Å². The van der Waals surface area contributed by atoms with Crippen LogP contribution in [0.5, 0.6) is 5.75 Å². The van der Waals surface area contributed by atoms with Gasteiger partial charge in [-0.1, -0.05) is 36.4 Å². The summed E-state index contributed by atoms with van der Waals surface area (Å²) in [5.74, 6) is 0.382. The molecular formula is C22H25N5O4. The lowest BCUT2D eigenvalue weighted by Gasteiger charge is -2.18. The first-order chi connectivity index (χ1) is 15.0. The van der Waals surface area contributed by atoms with E-state index in [0.717, 1.165) is 16.7 Å². The molecule has 0 aliphatic rings. The average Bonchev–Trinajstić information content (AvgIpc) is 3.22. The molecule has 0 saturated heterocycles. The van der Waals surface area contributed by atoms with Gasteiger partial charge in [-0.2, -0.15) is 4.80 Å². The molecule has 2 aromatic carbocycles. The lowest BCUT2D eigenvalue weighted by molar-refractivity contribution is -0.143. The number of esters is 1. The first kappa shape index (κ1) is 21.9. The molecular weight excluding hydrogens is 398 g/mol. The van der Waals surface area contributed by atoms with Crippen LogP contribution in [0.2, 0.25) is 0 Å². The maximum atomic E-state index is 12.7. The van der Waals surface area contributed by atoms with Gasteiger partial charge in [0, 0.05) is 5.56 Å². The monoisotopic (exact) mass is 423 g/mol. The summed E-state index contributed by atoms with van der Waals surface area (Å²) < 4.78 is 10.2. The number of tetrazole rings is 1. The summed E-state index contributed by atoms with van der Waals surface area (Å²) in [5, 5.41) is 15.2. The second kappa shape index (κ2) is 10.3. The fraction of sp³-hybridized carbons (Fsp3) is 0.318. The smallest absolute Gasteiger partial charge is 0.308 e. The largest absolute Gasteiger partial charge is 0.497 e. The molecule has 9 nitrogen and oxygen atoms in total. The van der Waals surface area contributed by atoms with E-state index in [2.05, 4.69) is 20.7 Å². The Hall–Kier alpha value is -3.75. The minimum atomic E-state index is -0.559. The van der Waals surface area contributed by atoms with E-state index >= 15 is 0 Å². The number of carbonyl (C=O) groups excluding carboxylic acids is 2. The second-order valence-corrected chi connectivity index (χ2v) is 6.86. The summed E-state index contributed by atoms with van der Waals surface area (Å²) in [7, 11) is 1.57. The number of hydrogen-bond donors (Lipinski definition) is 1. The molecule has 0 radical (unpaired) electrons. The third kappa shape index (κ3) is 5.88. The molecule has 31 heavy (non-hydrogen) atoms. The Morgan fingerprint density at radius 3 is 2.55 bits per heavy atom. The molecule has 0 saturated carbocycles. The van der Waals surface area contributed by atoms with Gasteiger partial charge in [0.05, 0.1) is 26.2 Å². The molecule has 1 N–H and O–H groups in total. The molecule has 0 fully saturated rings. The zero-order valence-electron chi connectivity index (χ0n) is 17.7. The van der Waals surface area contributed by atoms with E-state index in [4.69, 9.17) is 9.47 Å². The van der Waals surface area contributed by atoms with Crippen LogP contribution in [0.1, 0.15) is 30.5 Å². The summed E-state index contributed by atoms with van der Waals surface area (Å²) in [6.45, 7) is 3.83. The number of hydrogen-bond acceptors (Lipinski definition) is 7. The highest BCUT2D eigenvalue weighted by Gasteiger charge is 2.20. The topological polar surface area (TPSA) is 108 Å². The predicted molar refractivity (Wildman–Crippen MR) is 113 cm³/mol. The standard InChI is InChI=1S/C22H25N5O4/c1-4-31-21(29)13-19(16-9-11-17(30-3)12-10-16)23-20(28)14-27-25-22(24-26-27)18-8-6-5-7-15(18)2/h5-12,19H,4,13-14H2,1-3H3,(H,23,28)/t19-/m0/s1. The highest BCUT2D eigenvalue weighted by molar-refractivity contribution is 5.78. The molecule has 0 spiro atoms. The predicted octanol–water partition coefficient (Wildman–Crippen LogP) is 2.47. The molecule has 0 bridgehead atoms. The number of aryl methyl sites for hydroxylation is 1. The summed E-state index contributed by atoms with van der Waals surface area (Å²) in [4.78, 5) is 25.9. The van der Waals surface area contributed by atoms with E-state index in [-0.39, 0.29) is 25.5 Å². The van der Waals surface area contributed by atoms with Crippen LogP contribution in [-0.2, 0) is 20.9 Å². The quantitative estimate of drug-likeness (QED) is 0.527. The van der Waals surface area contributed by atoms with Crippen LogP contribution in [0.4, 0.5) is 0 Å². The molecule has 0 aliphatic heterocycles. The number of aromatic nitrogens is 4. The molecule has 1 atom stereocenters. The summed E-state index contributed by atoms with van der Waals surface area (Å²) >= 11 is 0. The van der Waals surface area contributed by atoms with Crippen LogP contribution in [0, 0.1) is 6.92 Å². The van der Waals surface area contributed by atoms with Gasteiger partial charge in [0.15, 0.2) is 0 Å². The molecule has 3 rings (SSSR count). The Bertz CT molecular complexity index is 1030. The van der Waals surface area contributed by atoms with Gasteiger partial charge in [-0.05, 0) is 42.3 Å². The number of carbonyl (C=O) groups is 2. The van der Waals surface area contributed by atoms with Crippen molar-refractivity contribution < 1.29 is 19.1 Å². The lowest BCUT2D eigenvalue weighted by atomic mass is 10.0. The molecule has 3 aromatic rings. The normalized spacial score (nSPS) is 11.6. The van der Waals surface area contributed by atoms with Gasteiger partial charge < -0.3 is 14.8 Å². The zero-order chi connectivity index (χ0) is 22.2. The number of amides is 1. The number of ether oxygens (including phenoxy) is 2. The van der Waals surface area contributed by atoms with Crippen molar-refractivity contribution in [2.45, 2.75) is 32.9 Å². The Morgan fingerprint density at radius 1 is 1.13 bits per heavy atom. The fourth-order valence-electron chi connectivity index (χ4n) is 3.09. The highest BCUT2D eigenvalue weighted by atomic mass is 16.5. The summed E-state index contributed by atoms with van der Waals surface area (Å²) in [6.07, 6.45) is 0.00511. The van der Waals surface area contributed by atoms with Crippen LogP contribution in [0.15, 0.2) is 48.5 Å². The van der Waals surface area contributed by atoms with Crippen molar-refractivity contribution in [2.24, 2.45) is 0 Å². The van der Waals surface area contributed by atoms with Crippen LogP contribution < -0.4 is 10.1 Å². The SMILES string of the molecule is CCOC(=O)C[C@H](NC(=O)Cn1nnc(-c2ccccc2C)n1)c1ccc(OC)cc1. The van der Waals surface area contributed by atoms with E-state index in [1.807, 2.05) is 31.2 Å². The minimum absolute atomic E-state index is 0.00511. The Labute approximate surface area is 180 Å². The van der Waals surface area contributed by atoms with Crippen molar-refractivity contribution in [1.82, 2.24) is 25.5 Å². The highest BCUT2D eigenvalue weighted by Crippen LogP contribution is 2.21. The Kier molecular flexibility index (Phi) is 7.31. The zero-order valence-corrected chi connectivity index (χ0v) is 17.7. The first-order valence-corrected chi connectivity index (χ1v) is 9.93. The van der Waals surface area contributed by atoms with Gasteiger partial charge in [-0.15, -0.1) is 10.2 Å². The molecule has 0 unspecified atom stereocenters. The van der Waals surface area contributed by atoms with Crippen molar-refractivity contribution in [3.8, 4) is 17.1 Å². The van der Waals surface area contributed by atoms with E-state index in [0.29, 0.717) is 11.6 Å². The summed E-state index contributed by atoms with van der Waals surface area (Å²) in [5.41, 5.74) is 2.63. The van der Waals surface area contributed by atoms with E-state index in [1.54, 1.807) is 38.3 Å². The maximum Gasteiger partial charge on any atom is 0.308 e. The minimum Gasteiger partial charge on any atom is -0.497 e. The Morgan fingerprint density at radius 2 is 1.87 bits per heavy atom. The number of rotatable bonds is 9. The van der Waals surface area contributed by atoms with Gasteiger partial charge in [0.1, 0.15) is 12.3 Å². The van der Waals surface area contributed by atoms with Crippen LogP contribution >= 0.6 is 0 Å². The second-order valence-electron chi connectivity index (χ2n) is 6.86. The number of nitrogens with zero attached hydrogens (tertiary/aromatic N) is 4. The molecule has 1 aromatic heterocycles.